The third-order valence-corrected chi connectivity index (χ3v) is 6.66. The number of thiazole rings is 1. The van der Waals surface area contributed by atoms with Gasteiger partial charge in [-0.15, -0.1) is 0 Å². The number of non-ortho nitro benzene ring substituents is 1. The molecule has 0 N–H and O–H groups in total. The number of hydrogen-bond donors (Lipinski definition) is 0. The van der Waals surface area contributed by atoms with Gasteiger partial charge in [-0.2, -0.15) is 0 Å². The van der Waals surface area contributed by atoms with Crippen LogP contribution in [0, 0.1) is 16.0 Å². The molecule has 1 aromatic heterocycles. The standard InChI is InChI=1S/C27H27N3O6S/c1-5-35-21-11-9-19(10-12-21)24-23(26(32)36-15-16(2)3)17(4)28-27-29(24)25(31)22(37-27)14-18-7-6-8-20(13-18)30(33)34/h6-14,16,24H,5,15H2,1-4H3/b22-14-. The van der Waals surface area contributed by atoms with Gasteiger partial charge in [0.2, 0.25) is 0 Å². The molecule has 1 aliphatic rings. The van der Waals surface area contributed by atoms with Crippen LogP contribution in [0.4, 0.5) is 5.69 Å². The highest BCUT2D eigenvalue weighted by molar-refractivity contribution is 7.07. The summed E-state index contributed by atoms with van der Waals surface area (Å²) in [7, 11) is 0. The van der Waals surface area contributed by atoms with Gasteiger partial charge in [0.25, 0.3) is 11.2 Å². The van der Waals surface area contributed by atoms with Crippen molar-refractivity contribution in [1.29, 1.82) is 0 Å². The van der Waals surface area contributed by atoms with Crippen LogP contribution >= 0.6 is 11.3 Å². The van der Waals surface area contributed by atoms with Crippen LogP contribution in [0.5, 0.6) is 5.75 Å². The van der Waals surface area contributed by atoms with Crippen molar-refractivity contribution in [3.8, 4) is 5.75 Å². The van der Waals surface area contributed by atoms with Crippen molar-refractivity contribution in [1.82, 2.24) is 4.57 Å². The molecule has 2 aromatic carbocycles. The van der Waals surface area contributed by atoms with Crippen LogP contribution in [0.25, 0.3) is 6.08 Å². The predicted molar refractivity (Wildman–Crippen MR) is 140 cm³/mol. The largest absolute Gasteiger partial charge is 0.494 e. The summed E-state index contributed by atoms with van der Waals surface area (Å²) in [6.07, 6.45) is 1.60. The van der Waals surface area contributed by atoms with Crippen molar-refractivity contribution in [3.05, 3.63) is 101 Å². The third kappa shape index (κ3) is 5.54. The van der Waals surface area contributed by atoms with E-state index in [9.17, 15) is 19.7 Å². The number of nitro benzene ring substituents is 1. The van der Waals surface area contributed by atoms with Crippen LogP contribution in [0.3, 0.4) is 0 Å². The molecule has 0 fully saturated rings. The van der Waals surface area contributed by atoms with Crippen molar-refractivity contribution in [2.24, 2.45) is 10.9 Å². The lowest BCUT2D eigenvalue weighted by Crippen LogP contribution is -2.40. The molecule has 0 bridgehead atoms. The number of nitro groups is 1. The average molecular weight is 522 g/mol. The number of ether oxygens (including phenoxy) is 2. The fourth-order valence-corrected chi connectivity index (χ4v) is 5.06. The van der Waals surface area contributed by atoms with Gasteiger partial charge in [-0.1, -0.05) is 49.4 Å². The lowest BCUT2D eigenvalue weighted by atomic mass is 9.96. The van der Waals surface area contributed by atoms with E-state index in [2.05, 4.69) is 4.99 Å². The molecule has 1 aliphatic heterocycles. The van der Waals surface area contributed by atoms with Crippen molar-refractivity contribution >= 4 is 29.1 Å². The summed E-state index contributed by atoms with van der Waals surface area (Å²) >= 11 is 1.16. The molecule has 9 nitrogen and oxygen atoms in total. The van der Waals surface area contributed by atoms with E-state index in [1.54, 1.807) is 37.3 Å². The number of fused-ring (bicyclic) bond motifs is 1. The normalized spacial score (nSPS) is 15.4. The van der Waals surface area contributed by atoms with E-state index in [1.165, 1.54) is 16.7 Å². The first-order valence-electron chi connectivity index (χ1n) is 11.9. The first-order valence-corrected chi connectivity index (χ1v) is 12.7. The molecule has 1 atom stereocenters. The Hall–Kier alpha value is -4.05. The van der Waals surface area contributed by atoms with E-state index in [0.717, 1.165) is 11.3 Å². The topological polar surface area (TPSA) is 113 Å². The second-order valence-electron chi connectivity index (χ2n) is 8.93. The molecule has 0 aliphatic carbocycles. The van der Waals surface area contributed by atoms with Gasteiger partial charge in [-0.25, -0.2) is 9.79 Å². The van der Waals surface area contributed by atoms with E-state index in [4.69, 9.17) is 9.47 Å². The van der Waals surface area contributed by atoms with E-state index in [1.807, 2.05) is 32.9 Å². The molecular weight excluding hydrogens is 494 g/mol. The maximum absolute atomic E-state index is 13.7. The van der Waals surface area contributed by atoms with Crippen LogP contribution in [0.15, 0.2) is 69.6 Å². The molecule has 2 heterocycles. The number of esters is 1. The Kier molecular flexibility index (Phi) is 7.68. The summed E-state index contributed by atoms with van der Waals surface area (Å²) in [5.41, 5.74) is 1.56. The second kappa shape index (κ2) is 10.9. The first kappa shape index (κ1) is 26.0. The summed E-state index contributed by atoms with van der Waals surface area (Å²) in [4.78, 5) is 42.6. The Morgan fingerprint density at radius 1 is 1.24 bits per heavy atom. The van der Waals surface area contributed by atoms with Gasteiger partial charge in [0.15, 0.2) is 4.80 Å². The average Bonchev–Trinajstić information content (AvgIpc) is 3.16. The van der Waals surface area contributed by atoms with Gasteiger partial charge in [-0.05, 0) is 49.1 Å². The zero-order valence-electron chi connectivity index (χ0n) is 21.0. The zero-order chi connectivity index (χ0) is 26.7. The number of aromatic nitrogens is 1. The van der Waals surface area contributed by atoms with Crippen LogP contribution in [-0.2, 0) is 9.53 Å². The number of benzene rings is 2. The number of nitrogens with zero attached hydrogens (tertiary/aromatic N) is 3. The molecule has 192 valence electrons. The number of rotatable bonds is 8. The molecule has 37 heavy (non-hydrogen) atoms. The van der Waals surface area contributed by atoms with Gasteiger partial charge in [0.1, 0.15) is 5.75 Å². The smallest absolute Gasteiger partial charge is 0.338 e. The van der Waals surface area contributed by atoms with Crippen molar-refractivity contribution in [2.45, 2.75) is 33.7 Å². The summed E-state index contributed by atoms with van der Waals surface area (Å²) in [6.45, 7) is 8.26. The summed E-state index contributed by atoms with van der Waals surface area (Å²) in [6, 6.07) is 12.5. The Morgan fingerprint density at radius 2 is 1.97 bits per heavy atom. The third-order valence-electron chi connectivity index (χ3n) is 5.67. The molecule has 4 rings (SSSR count). The molecule has 0 amide bonds. The fourth-order valence-electron chi connectivity index (χ4n) is 4.01. The van der Waals surface area contributed by atoms with Gasteiger partial charge in [0, 0.05) is 12.1 Å². The van der Waals surface area contributed by atoms with E-state index in [0.29, 0.717) is 44.1 Å². The van der Waals surface area contributed by atoms with Crippen LogP contribution in [-0.4, -0.2) is 28.7 Å². The minimum atomic E-state index is -0.751. The summed E-state index contributed by atoms with van der Waals surface area (Å²) in [5, 5.41) is 11.2. The number of carbonyl (C=O) groups is 1. The molecule has 10 heteroatoms. The molecule has 0 spiro atoms. The molecule has 3 aromatic rings. The van der Waals surface area contributed by atoms with Crippen LogP contribution in [0.2, 0.25) is 0 Å². The summed E-state index contributed by atoms with van der Waals surface area (Å²) < 4.78 is 12.9. The highest BCUT2D eigenvalue weighted by atomic mass is 32.1. The molecule has 1 unspecified atom stereocenters. The highest BCUT2D eigenvalue weighted by Crippen LogP contribution is 2.31. The molecular formula is C27H27N3O6S. The van der Waals surface area contributed by atoms with Gasteiger partial charge >= 0.3 is 5.97 Å². The van der Waals surface area contributed by atoms with Gasteiger partial charge < -0.3 is 9.47 Å². The van der Waals surface area contributed by atoms with Crippen LogP contribution in [0.1, 0.15) is 44.9 Å². The van der Waals surface area contributed by atoms with Crippen molar-refractivity contribution in [3.63, 3.8) is 0 Å². The summed E-state index contributed by atoms with van der Waals surface area (Å²) in [5.74, 6) is 0.292. The molecule has 0 radical (unpaired) electrons. The first-order chi connectivity index (χ1) is 17.7. The molecule has 0 saturated carbocycles. The maximum Gasteiger partial charge on any atom is 0.338 e. The second-order valence-corrected chi connectivity index (χ2v) is 9.94. The lowest BCUT2D eigenvalue weighted by molar-refractivity contribution is -0.384. The lowest BCUT2D eigenvalue weighted by Gasteiger charge is -2.25. The van der Waals surface area contributed by atoms with Crippen molar-refractivity contribution in [2.75, 3.05) is 13.2 Å². The van der Waals surface area contributed by atoms with E-state index < -0.39 is 16.9 Å². The van der Waals surface area contributed by atoms with Gasteiger partial charge in [-0.3, -0.25) is 19.5 Å². The van der Waals surface area contributed by atoms with E-state index in [-0.39, 0.29) is 23.8 Å². The Morgan fingerprint density at radius 3 is 2.62 bits per heavy atom. The van der Waals surface area contributed by atoms with Gasteiger partial charge in [0.05, 0.1) is 40.0 Å². The Bertz CT molecular complexity index is 1550. The zero-order valence-corrected chi connectivity index (χ0v) is 21.8. The monoisotopic (exact) mass is 521 g/mol. The minimum Gasteiger partial charge on any atom is -0.494 e. The number of carbonyl (C=O) groups excluding carboxylic acids is 1. The maximum atomic E-state index is 13.7. The number of allylic oxidation sites excluding steroid dienone is 1. The molecule has 0 saturated heterocycles. The van der Waals surface area contributed by atoms with Crippen molar-refractivity contribution < 1.29 is 19.2 Å². The predicted octanol–water partition coefficient (Wildman–Crippen LogP) is 3.74. The van der Waals surface area contributed by atoms with E-state index >= 15 is 0 Å². The van der Waals surface area contributed by atoms with Crippen LogP contribution < -0.4 is 19.6 Å². The SMILES string of the molecule is CCOc1ccc(C2C(C(=O)OCC(C)C)=C(C)N=c3s/c(=C\c4cccc([N+](=O)[O-])c4)c(=O)n32)cc1. The Balaban J connectivity index is 1.88. The quantitative estimate of drug-likeness (QED) is 0.254. The number of hydrogen-bond acceptors (Lipinski definition) is 8. The Labute approximate surface area is 217 Å². The fraction of sp³-hybridized carbons (Fsp3) is 0.296. The minimum absolute atomic E-state index is 0.0696. The highest BCUT2D eigenvalue weighted by Gasteiger charge is 2.33.